The third kappa shape index (κ3) is 1.84. The number of halogens is 1. The van der Waals surface area contributed by atoms with Crippen LogP contribution in [0, 0.1) is 3.57 Å². The van der Waals surface area contributed by atoms with E-state index < -0.39 is 0 Å². The van der Waals surface area contributed by atoms with E-state index >= 15 is 0 Å². The van der Waals surface area contributed by atoms with E-state index in [9.17, 15) is 4.79 Å². The standard InChI is InChI=1S/C8H7IN4O/c9-6-3-10-5-13(8(6)14)4-7-11-1-2-12-7/h1-3,5H,4H2,(H,11,12). The summed E-state index contributed by atoms with van der Waals surface area (Å²) in [5.74, 6) is 0.746. The van der Waals surface area contributed by atoms with Crippen molar-refractivity contribution >= 4 is 22.6 Å². The Hall–Kier alpha value is -1.18. The van der Waals surface area contributed by atoms with E-state index in [1.54, 1.807) is 18.6 Å². The molecular weight excluding hydrogens is 295 g/mol. The SMILES string of the molecule is O=c1c(I)cncn1Cc1ncc[nH]1. The summed E-state index contributed by atoms with van der Waals surface area (Å²) in [6.07, 6.45) is 6.43. The fraction of sp³-hybridized carbons (Fsp3) is 0.125. The molecule has 0 saturated carbocycles. The average Bonchev–Trinajstić information content (AvgIpc) is 2.66. The summed E-state index contributed by atoms with van der Waals surface area (Å²) >= 11 is 1.96. The monoisotopic (exact) mass is 302 g/mol. The number of H-pyrrole nitrogens is 1. The molecule has 0 bridgehead atoms. The van der Waals surface area contributed by atoms with Crippen LogP contribution in [0.3, 0.4) is 0 Å². The molecule has 0 aromatic carbocycles. The number of hydrogen-bond acceptors (Lipinski definition) is 3. The summed E-state index contributed by atoms with van der Waals surface area (Å²) < 4.78 is 2.12. The third-order valence-corrected chi connectivity index (χ3v) is 2.47. The van der Waals surface area contributed by atoms with E-state index in [0.717, 1.165) is 5.82 Å². The summed E-state index contributed by atoms with van der Waals surface area (Å²) in [4.78, 5) is 22.5. The summed E-state index contributed by atoms with van der Waals surface area (Å²) in [5.41, 5.74) is -0.0444. The van der Waals surface area contributed by atoms with Gasteiger partial charge in [-0.25, -0.2) is 9.97 Å². The van der Waals surface area contributed by atoms with Gasteiger partial charge in [-0.15, -0.1) is 0 Å². The van der Waals surface area contributed by atoms with Crippen molar-refractivity contribution in [1.82, 2.24) is 19.5 Å². The van der Waals surface area contributed by atoms with Gasteiger partial charge in [-0.05, 0) is 22.6 Å². The zero-order valence-electron chi connectivity index (χ0n) is 7.14. The summed E-state index contributed by atoms with van der Waals surface area (Å²) in [5, 5.41) is 0. The van der Waals surface area contributed by atoms with Crippen LogP contribution >= 0.6 is 22.6 Å². The van der Waals surface area contributed by atoms with Gasteiger partial charge in [-0.2, -0.15) is 0 Å². The first-order valence-electron chi connectivity index (χ1n) is 3.95. The van der Waals surface area contributed by atoms with E-state index in [2.05, 4.69) is 15.0 Å². The Bertz CT molecular complexity index is 476. The highest BCUT2D eigenvalue weighted by Crippen LogP contribution is 1.95. The minimum Gasteiger partial charge on any atom is -0.347 e. The minimum absolute atomic E-state index is 0.0444. The van der Waals surface area contributed by atoms with Crippen molar-refractivity contribution in [1.29, 1.82) is 0 Å². The zero-order chi connectivity index (χ0) is 9.97. The molecule has 2 aromatic heterocycles. The molecule has 6 heteroatoms. The van der Waals surface area contributed by atoms with Gasteiger partial charge in [0.2, 0.25) is 0 Å². The molecule has 72 valence electrons. The average molecular weight is 302 g/mol. The Morgan fingerprint density at radius 2 is 2.43 bits per heavy atom. The van der Waals surface area contributed by atoms with Crippen molar-refractivity contribution in [2.24, 2.45) is 0 Å². The van der Waals surface area contributed by atoms with Crippen LogP contribution in [0.1, 0.15) is 5.82 Å². The van der Waals surface area contributed by atoms with Gasteiger partial charge in [-0.3, -0.25) is 9.36 Å². The third-order valence-electron chi connectivity index (χ3n) is 1.73. The molecule has 0 atom stereocenters. The maximum absolute atomic E-state index is 11.6. The van der Waals surface area contributed by atoms with Crippen molar-refractivity contribution in [2.75, 3.05) is 0 Å². The van der Waals surface area contributed by atoms with Crippen LogP contribution in [-0.4, -0.2) is 19.5 Å². The van der Waals surface area contributed by atoms with Crippen LogP contribution in [0.5, 0.6) is 0 Å². The second-order valence-electron chi connectivity index (χ2n) is 2.71. The maximum atomic E-state index is 11.6. The number of hydrogen-bond donors (Lipinski definition) is 1. The molecule has 0 amide bonds. The van der Waals surface area contributed by atoms with Crippen molar-refractivity contribution < 1.29 is 0 Å². The lowest BCUT2D eigenvalue weighted by Gasteiger charge is -2.01. The van der Waals surface area contributed by atoms with Crippen LogP contribution in [0.25, 0.3) is 0 Å². The summed E-state index contributed by atoms with van der Waals surface area (Å²) in [7, 11) is 0. The van der Waals surface area contributed by atoms with E-state index in [-0.39, 0.29) is 5.56 Å². The second kappa shape index (κ2) is 3.91. The number of aromatic amines is 1. The molecule has 0 aliphatic heterocycles. The first-order chi connectivity index (χ1) is 6.77. The molecule has 0 radical (unpaired) electrons. The molecule has 0 saturated heterocycles. The van der Waals surface area contributed by atoms with Crippen LogP contribution < -0.4 is 5.56 Å². The number of aromatic nitrogens is 4. The largest absolute Gasteiger partial charge is 0.347 e. The highest BCUT2D eigenvalue weighted by Gasteiger charge is 2.02. The molecule has 1 N–H and O–H groups in total. The summed E-state index contributed by atoms with van der Waals surface area (Å²) in [6, 6.07) is 0. The van der Waals surface area contributed by atoms with Crippen molar-refractivity contribution in [3.8, 4) is 0 Å². The van der Waals surface area contributed by atoms with Crippen LogP contribution in [0.4, 0.5) is 0 Å². The van der Waals surface area contributed by atoms with E-state index in [0.29, 0.717) is 10.1 Å². The summed E-state index contributed by atoms with van der Waals surface area (Å²) in [6.45, 7) is 0.426. The molecule has 0 fully saturated rings. The van der Waals surface area contributed by atoms with Crippen molar-refractivity contribution in [2.45, 2.75) is 6.54 Å². The Labute approximate surface area is 93.4 Å². The predicted molar refractivity (Wildman–Crippen MR) is 58.9 cm³/mol. The van der Waals surface area contributed by atoms with Gasteiger partial charge in [0.15, 0.2) is 0 Å². The molecule has 5 nitrogen and oxygen atoms in total. The van der Waals surface area contributed by atoms with Gasteiger partial charge in [0.1, 0.15) is 5.82 Å². The molecule has 0 aliphatic carbocycles. The van der Waals surface area contributed by atoms with Gasteiger partial charge in [0.05, 0.1) is 16.4 Å². The van der Waals surface area contributed by atoms with Gasteiger partial charge in [0.25, 0.3) is 5.56 Å². The highest BCUT2D eigenvalue weighted by molar-refractivity contribution is 14.1. The zero-order valence-corrected chi connectivity index (χ0v) is 9.30. The topological polar surface area (TPSA) is 63.6 Å². The quantitative estimate of drug-likeness (QED) is 0.827. The Balaban J connectivity index is 2.34. The molecule has 0 unspecified atom stereocenters. The van der Waals surface area contributed by atoms with Crippen molar-refractivity contribution in [3.63, 3.8) is 0 Å². The number of nitrogens with one attached hydrogen (secondary N) is 1. The fourth-order valence-electron chi connectivity index (χ4n) is 1.08. The maximum Gasteiger partial charge on any atom is 0.267 e. The van der Waals surface area contributed by atoms with E-state index in [1.165, 1.54) is 10.9 Å². The van der Waals surface area contributed by atoms with Gasteiger partial charge < -0.3 is 4.98 Å². The smallest absolute Gasteiger partial charge is 0.267 e. The Morgan fingerprint density at radius 3 is 3.14 bits per heavy atom. The second-order valence-corrected chi connectivity index (χ2v) is 3.87. The van der Waals surface area contributed by atoms with Crippen LogP contribution in [-0.2, 0) is 6.54 Å². The van der Waals surface area contributed by atoms with Gasteiger partial charge >= 0.3 is 0 Å². The Kier molecular flexibility index (Phi) is 2.62. The fourth-order valence-corrected chi connectivity index (χ4v) is 1.55. The minimum atomic E-state index is -0.0444. The molecule has 0 aliphatic rings. The molecule has 0 spiro atoms. The number of nitrogens with zero attached hydrogens (tertiary/aromatic N) is 3. The first kappa shape index (κ1) is 9.38. The normalized spacial score (nSPS) is 10.4. The van der Waals surface area contributed by atoms with Gasteiger partial charge in [-0.1, -0.05) is 0 Å². The lowest BCUT2D eigenvalue weighted by molar-refractivity contribution is 0.700. The lowest BCUT2D eigenvalue weighted by atomic mass is 10.5. The Morgan fingerprint density at radius 1 is 1.57 bits per heavy atom. The molecule has 2 aromatic rings. The van der Waals surface area contributed by atoms with Crippen LogP contribution in [0.15, 0.2) is 29.7 Å². The van der Waals surface area contributed by atoms with E-state index in [4.69, 9.17) is 0 Å². The first-order valence-corrected chi connectivity index (χ1v) is 5.03. The lowest BCUT2D eigenvalue weighted by Crippen LogP contribution is -2.23. The number of rotatable bonds is 2. The highest BCUT2D eigenvalue weighted by atomic mass is 127. The molecule has 2 heterocycles. The molecular formula is C8H7IN4O. The molecule has 14 heavy (non-hydrogen) atoms. The van der Waals surface area contributed by atoms with Crippen LogP contribution in [0.2, 0.25) is 0 Å². The molecule has 2 rings (SSSR count). The van der Waals surface area contributed by atoms with Gasteiger partial charge in [0, 0.05) is 18.6 Å². The van der Waals surface area contributed by atoms with E-state index in [1.807, 2.05) is 22.6 Å². The number of imidazole rings is 1. The predicted octanol–water partition coefficient (Wildman–Crippen LogP) is 0.619. The van der Waals surface area contributed by atoms with Crippen molar-refractivity contribution in [3.05, 3.63) is 44.7 Å².